The Morgan fingerprint density at radius 3 is 2.69 bits per heavy atom. The van der Waals surface area contributed by atoms with E-state index in [4.69, 9.17) is 14.7 Å². The lowest BCUT2D eigenvalue weighted by molar-refractivity contribution is 0.104. The van der Waals surface area contributed by atoms with E-state index < -0.39 is 0 Å². The number of rotatable bonds is 5. The van der Waals surface area contributed by atoms with Crippen LogP contribution in [0.15, 0.2) is 54.6 Å². The van der Waals surface area contributed by atoms with Gasteiger partial charge in [-0.2, -0.15) is 0 Å². The maximum absolute atomic E-state index is 5.65. The van der Waals surface area contributed by atoms with Gasteiger partial charge in [-0.3, -0.25) is 0 Å². The number of hydrogen-bond donors (Lipinski definition) is 0. The predicted molar refractivity (Wildman–Crippen MR) is 106 cm³/mol. The van der Waals surface area contributed by atoms with Gasteiger partial charge in [0, 0.05) is 30.6 Å². The predicted octanol–water partition coefficient (Wildman–Crippen LogP) is 4.55. The Morgan fingerprint density at radius 2 is 1.85 bits per heavy atom. The number of nitrogens with zero attached hydrogens (tertiary/aromatic N) is 3. The van der Waals surface area contributed by atoms with Crippen molar-refractivity contribution in [2.24, 2.45) is 5.92 Å². The molecule has 1 unspecified atom stereocenters. The summed E-state index contributed by atoms with van der Waals surface area (Å²) in [6.45, 7) is 5.63. The van der Waals surface area contributed by atoms with Crippen LogP contribution in [0.1, 0.15) is 19.8 Å². The van der Waals surface area contributed by atoms with Crippen LogP contribution in [-0.4, -0.2) is 36.3 Å². The fourth-order valence-corrected chi connectivity index (χ4v) is 3.69. The van der Waals surface area contributed by atoms with E-state index in [1.54, 1.807) is 0 Å². The Kier molecular flexibility index (Phi) is 5.12. The summed E-state index contributed by atoms with van der Waals surface area (Å²) in [6.07, 6.45) is 2.38. The van der Waals surface area contributed by atoms with Gasteiger partial charge in [0.1, 0.15) is 0 Å². The first kappa shape index (κ1) is 17.0. The minimum absolute atomic E-state index is 0.555. The zero-order valence-corrected chi connectivity index (χ0v) is 15.3. The Bertz CT molecular complexity index is 866. The van der Waals surface area contributed by atoms with Gasteiger partial charge in [0.2, 0.25) is 5.95 Å². The first-order valence-electron chi connectivity index (χ1n) is 9.50. The van der Waals surface area contributed by atoms with E-state index in [-0.39, 0.29) is 0 Å². The van der Waals surface area contributed by atoms with Gasteiger partial charge in [-0.15, -0.1) is 0 Å². The summed E-state index contributed by atoms with van der Waals surface area (Å²) >= 11 is 0. The molecule has 0 bridgehead atoms. The molecule has 2 aromatic carbocycles. The molecular formula is C22H25N3O. The van der Waals surface area contributed by atoms with Gasteiger partial charge >= 0.3 is 0 Å². The molecule has 26 heavy (non-hydrogen) atoms. The van der Waals surface area contributed by atoms with Crippen LogP contribution >= 0.6 is 0 Å². The zero-order chi connectivity index (χ0) is 17.8. The Labute approximate surface area is 154 Å². The number of ether oxygens (including phenoxy) is 1. The second-order valence-electron chi connectivity index (χ2n) is 6.87. The van der Waals surface area contributed by atoms with E-state index in [1.807, 2.05) is 12.1 Å². The number of hydrogen-bond acceptors (Lipinski definition) is 4. The first-order valence-corrected chi connectivity index (χ1v) is 9.50. The van der Waals surface area contributed by atoms with E-state index in [0.29, 0.717) is 5.92 Å². The molecular weight excluding hydrogens is 322 g/mol. The monoisotopic (exact) mass is 347 g/mol. The van der Waals surface area contributed by atoms with Crippen molar-refractivity contribution in [3.05, 3.63) is 54.6 Å². The first-order chi connectivity index (χ1) is 12.8. The van der Waals surface area contributed by atoms with Crippen LogP contribution in [0.25, 0.3) is 22.2 Å². The van der Waals surface area contributed by atoms with Gasteiger partial charge in [-0.05, 0) is 31.7 Å². The molecule has 1 aliphatic rings. The standard InChI is InChI=1S/C22H25N3O/c1-2-26-16-17-9-8-14-25(15-17)22-23-20-13-7-6-12-19(20)21(24-22)18-10-4-3-5-11-18/h3-7,10-13,17H,2,8-9,14-16H2,1H3. The average molecular weight is 347 g/mol. The molecule has 1 fully saturated rings. The van der Waals surface area contributed by atoms with Crippen molar-refractivity contribution < 1.29 is 4.74 Å². The highest BCUT2D eigenvalue weighted by Gasteiger charge is 2.23. The van der Waals surface area contributed by atoms with E-state index in [0.717, 1.165) is 60.8 Å². The summed E-state index contributed by atoms with van der Waals surface area (Å²) in [5.74, 6) is 1.39. The molecule has 0 spiro atoms. The van der Waals surface area contributed by atoms with Gasteiger partial charge in [0.05, 0.1) is 17.8 Å². The Hall–Kier alpha value is -2.46. The van der Waals surface area contributed by atoms with Crippen LogP contribution in [0.5, 0.6) is 0 Å². The van der Waals surface area contributed by atoms with Crippen molar-refractivity contribution in [3.63, 3.8) is 0 Å². The smallest absolute Gasteiger partial charge is 0.226 e. The quantitative estimate of drug-likeness (QED) is 0.679. The molecule has 1 saturated heterocycles. The van der Waals surface area contributed by atoms with Gasteiger partial charge in [-0.1, -0.05) is 48.5 Å². The molecule has 1 aliphatic heterocycles. The van der Waals surface area contributed by atoms with Crippen molar-refractivity contribution in [1.29, 1.82) is 0 Å². The molecule has 4 rings (SSSR count). The summed E-state index contributed by atoms with van der Waals surface area (Å²) in [5.41, 5.74) is 3.15. The lowest BCUT2D eigenvalue weighted by Crippen LogP contribution is -2.38. The average Bonchev–Trinajstić information content (AvgIpc) is 2.72. The number of para-hydroxylation sites is 1. The van der Waals surface area contributed by atoms with Crippen LogP contribution in [0.3, 0.4) is 0 Å². The van der Waals surface area contributed by atoms with E-state index in [1.165, 1.54) is 6.42 Å². The lowest BCUT2D eigenvalue weighted by atomic mass is 9.99. The van der Waals surface area contributed by atoms with Crippen molar-refractivity contribution in [2.45, 2.75) is 19.8 Å². The van der Waals surface area contributed by atoms with Crippen molar-refractivity contribution >= 4 is 16.9 Å². The van der Waals surface area contributed by atoms with Crippen LogP contribution in [0, 0.1) is 5.92 Å². The normalized spacial score (nSPS) is 17.6. The van der Waals surface area contributed by atoms with Crippen LogP contribution in [0.2, 0.25) is 0 Å². The van der Waals surface area contributed by atoms with Gasteiger partial charge in [0.25, 0.3) is 0 Å². The second kappa shape index (κ2) is 7.83. The molecule has 4 nitrogen and oxygen atoms in total. The maximum Gasteiger partial charge on any atom is 0.226 e. The van der Waals surface area contributed by atoms with E-state index in [2.05, 4.69) is 54.3 Å². The molecule has 0 radical (unpaired) electrons. The molecule has 0 saturated carbocycles. The molecule has 1 atom stereocenters. The molecule has 2 heterocycles. The largest absolute Gasteiger partial charge is 0.381 e. The summed E-state index contributed by atoms with van der Waals surface area (Å²) in [5, 5.41) is 1.10. The minimum Gasteiger partial charge on any atom is -0.381 e. The van der Waals surface area contributed by atoms with Crippen molar-refractivity contribution in [1.82, 2.24) is 9.97 Å². The number of anilines is 1. The summed E-state index contributed by atoms with van der Waals surface area (Å²) < 4.78 is 5.65. The molecule has 0 N–H and O–H groups in total. The highest BCUT2D eigenvalue weighted by molar-refractivity contribution is 5.93. The third-order valence-electron chi connectivity index (χ3n) is 5.00. The third kappa shape index (κ3) is 3.56. The van der Waals surface area contributed by atoms with Crippen molar-refractivity contribution in [2.75, 3.05) is 31.2 Å². The molecule has 1 aromatic heterocycles. The lowest BCUT2D eigenvalue weighted by Gasteiger charge is -2.33. The molecule has 3 aromatic rings. The summed E-state index contributed by atoms with van der Waals surface area (Å²) in [7, 11) is 0. The second-order valence-corrected chi connectivity index (χ2v) is 6.87. The molecule has 0 aliphatic carbocycles. The fourth-order valence-electron chi connectivity index (χ4n) is 3.69. The van der Waals surface area contributed by atoms with Gasteiger partial charge < -0.3 is 9.64 Å². The maximum atomic E-state index is 5.65. The van der Waals surface area contributed by atoms with Crippen molar-refractivity contribution in [3.8, 4) is 11.3 Å². The number of aromatic nitrogens is 2. The number of benzene rings is 2. The molecule has 134 valence electrons. The highest BCUT2D eigenvalue weighted by Crippen LogP contribution is 2.29. The highest BCUT2D eigenvalue weighted by atomic mass is 16.5. The van der Waals surface area contributed by atoms with Gasteiger partial charge in [0.15, 0.2) is 0 Å². The Morgan fingerprint density at radius 1 is 1.04 bits per heavy atom. The minimum atomic E-state index is 0.555. The van der Waals surface area contributed by atoms with E-state index >= 15 is 0 Å². The SMILES string of the molecule is CCOCC1CCCN(c2nc(-c3ccccc3)c3ccccc3n2)C1. The molecule has 4 heteroatoms. The summed E-state index contributed by atoms with van der Waals surface area (Å²) in [6, 6.07) is 18.7. The topological polar surface area (TPSA) is 38.2 Å². The number of piperidine rings is 1. The zero-order valence-electron chi connectivity index (χ0n) is 15.3. The van der Waals surface area contributed by atoms with Crippen LogP contribution in [0.4, 0.5) is 5.95 Å². The van der Waals surface area contributed by atoms with E-state index in [9.17, 15) is 0 Å². The fraction of sp³-hybridized carbons (Fsp3) is 0.364. The third-order valence-corrected chi connectivity index (χ3v) is 5.00. The van der Waals surface area contributed by atoms with Crippen LogP contribution < -0.4 is 4.90 Å². The Balaban J connectivity index is 1.72. The molecule has 0 amide bonds. The van der Waals surface area contributed by atoms with Crippen LogP contribution in [-0.2, 0) is 4.74 Å². The number of fused-ring (bicyclic) bond motifs is 1. The van der Waals surface area contributed by atoms with Gasteiger partial charge in [-0.25, -0.2) is 9.97 Å². The summed E-state index contributed by atoms with van der Waals surface area (Å²) in [4.78, 5) is 12.2.